The second-order valence-corrected chi connectivity index (χ2v) is 7.08. The van der Waals surface area contributed by atoms with Crippen molar-refractivity contribution in [3.63, 3.8) is 0 Å². The summed E-state index contributed by atoms with van der Waals surface area (Å²) in [6.07, 6.45) is 0.991. The molecule has 0 aliphatic carbocycles. The van der Waals surface area contributed by atoms with Crippen LogP contribution in [0.4, 0.5) is 0 Å². The highest BCUT2D eigenvalue weighted by Crippen LogP contribution is 2.30. The molecule has 0 atom stereocenters. The molecule has 1 amide bonds. The lowest BCUT2D eigenvalue weighted by Gasteiger charge is -2.22. The van der Waals surface area contributed by atoms with Crippen LogP contribution in [0.25, 0.3) is 0 Å². The lowest BCUT2D eigenvalue weighted by molar-refractivity contribution is 0.0757. The van der Waals surface area contributed by atoms with Crippen molar-refractivity contribution in [1.29, 1.82) is 0 Å². The monoisotopic (exact) mass is 285 g/mol. The summed E-state index contributed by atoms with van der Waals surface area (Å²) in [4.78, 5) is 14.1. The number of amides is 1. The van der Waals surface area contributed by atoms with Crippen molar-refractivity contribution in [3.8, 4) is 0 Å². The summed E-state index contributed by atoms with van der Waals surface area (Å²) in [7, 11) is 0. The molecule has 0 N–H and O–H groups in total. The van der Waals surface area contributed by atoms with Gasteiger partial charge in [-0.05, 0) is 18.6 Å². The number of nitrogens with zero attached hydrogens (tertiary/aromatic N) is 3. The molecule has 0 unspecified atom stereocenters. The fourth-order valence-corrected chi connectivity index (χ4v) is 3.02. The molecule has 1 aliphatic rings. The average molecular weight is 286 g/mol. The van der Waals surface area contributed by atoms with Gasteiger partial charge in [-0.15, -0.1) is 10.2 Å². The molecule has 1 fully saturated rings. The van der Waals surface area contributed by atoms with Crippen LogP contribution in [-0.2, 0) is 0 Å². The Morgan fingerprint density at radius 3 is 2.83 bits per heavy atom. The van der Waals surface area contributed by atoms with E-state index < -0.39 is 0 Å². The van der Waals surface area contributed by atoms with E-state index in [1.165, 1.54) is 0 Å². The molecule has 1 saturated heterocycles. The lowest BCUT2D eigenvalue weighted by Crippen LogP contribution is -2.34. The molecule has 0 radical (unpaired) electrons. The number of carbonyl (C=O) groups is 1. The molecule has 1 aliphatic heterocycles. The quantitative estimate of drug-likeness (QED) is 0.795. The number of hydrogen-bond donors (Lipinski definition) is 0. The van der Waals surface area contributed by atoms with Crippen molar-refractivity contribution in [2.75, 3.05) is 18.8 Å². The van der Waals surface area contributed by atoms with E-state index in [1.54, 1.807) is 12.1 Å². The predicted octanol–water partition coefficient (Wildman–Crippen LogP) is 2.49. The Morgan fingerprint density at radius 1 is 1.39 bits per heavy atom. The van der Waals surface area contributed by atoms with Gasteiger partial charge < -0.3 is 4.90 Å². The molecule has 1 aromatic heterocycles. The maximum absolute atomic E-state index is 12.2. The van der Waals surface area contributed by atoms with E-state index in [-0.39, 0.29) is 10.7 Å². The zero-order valence-electron chi connectivity index (χ0n) is 10.5. The molecular formula is C12H16ClN3OS. The van der Waals surface area contributed by atoms with Gasteiger partial charge in [0, 0.05) is 23.6 Å². The molecular weight excluding hydrogens is 270 g/mol. The minimum absolute atomic E-state index is 0.0579. The van der Waals surface area contributed by atoms with Gasteiger partial charge in [0.05, 0.1) is 0 Å². The topological polar surface area (TPSA) is 46.1 Å². The Morgan fingerprint density at radius 2 is 2.17 bits per heavy atom. The van der Waals surface area contributed by atoms with E-state index in [0.717, 1.165) is 25.3 Å². The fourth-order valence-electron chi connectivity index (χ4n) is 1.82. The Hall–Kier alpha value is -0.810. The van der Waals surface area contributed by atoms with Crippen LogP contribution in [0.1, 0.15) is 30.8 Å². The Kier molecular flexibility index (Phi) is 4.12. The normalized spacial score (nSPS) is 19.4. The van der Waals surface area contributed by atoms with Gasteiger partial charge >= 0.3 is 0 Å². The van der Waals surface area contributed by atoms with Crippen molar-refractivity contribution in [2.45, 2.75) is 25.0 Å². The predicted molar refractivity (Wildman–Crippen MR) is 74.1 cm³/mol. The van der Waals surface area contributed by atoms with Crippen LogP contribution in [0, 0.1) is 0 Å². The zero-order valence-corrected chi connectivity index (χ0v) is 12.1. The number of thioether (sulfide) groups is 1. The number of hydrogen-bond acceptors (Lipinski definition) is 4. The maximum Gasteiger partial charge on any atom is 0.274 e. The van der Waals surface area contributed by atoms with Gasteiger partial charge in [-0.2, -0.15) is 11.8 Å². The summed E-state index contributed by atoms with van der Waals surface area (Å²) in [6.45, 7) is 5.96. The Balaban J connectivity index is 2.07. The van der Waals surface area contributed by atoms with Gasteiger partial charge in [0.1, 0.15) is 0 Å². The Labute approximate surface area is 116 Å². The highest BCUT2D eigenvalue weighted by Gasteiger charge is 2.26. The molecule has 0 saturated carbocycles. The molecule has 0 bridgehead atoms. The number of rotatable bonds is 1. The lowest BCUT2D eigenvalue weighted by atomic mass is 10.1. The minimum Gasteiger partial charge on any atom is -0.336 e. The average Bonchev–Trinajstić information content (AvgIpc) is 2.50. The first-order valence-corrected chi connectivity index (χ1v) is 7.27. The second kappa shape index (κ2) is 5.45. The van der Waals surface area contributed by atoms with Crippen molar-refractivity contribution in [1.82, 2.24) is 15.1 Å². The SMILES string of the molecule is CC1(C)CCN(C(=O)c2ccc(Cl)nn2)CCS1. The summed E-state index contributed by atoms with van der Waals surface area (Å²) < 4.78 is 0.237. The number of aromatic nitrogens is 2. The third kappa shape index (κ3) is 3.36. The minimum atomic E-state index is -0.0579. The second-order valence-electron chi connectivity index (χ2n) is 4.89. The van der Waals surface area contributed by atoms with Crippen molar-refractivity contribution in [2.24, 2.45) is 0 Å². The van der Waals surface area contributed by atoms with Crippen LogP contribution in [0.15, 0.2) is 12.1 Å². The van der Waals surface area contributed by atoms with E-state index in [4.69, 9.17) is 11.6 Å². The van der Waals surface area contributed by atoms with Crippen molar-refractivity contribution in [3.05, 3.63) is 23.0 Å². The van der Waals surface area contributed by atoms with Gasteiger partial charge in [-0.25, -0.2) is 0 Å². The summed E-state index contributed by atoms with van der Waals surface area (Å²) in [5.41, 5.74) is 0.365. The van der Waals surface area contributed by atoms with E-state index in [0.29, 0.717) is 10.8 Å². The summed E-state index contributed by atoms with van der Waals surface area (Å²) in [6, 6.07) is 3.22. The highest BCUT2D eigenvalue weighted by atomic mass is 35.5. The molecule has 4 nitrogen and oxygen atoms in total. The van der Waals surface area contributed by atoms with Gasteiger partial charge in [-0.3, -0.25) is 4.79 Å². The van der Waals surface area contributed by atoms with Crippen LogP contribution in [0.2, 0.25) is 5.15 Å². The van der Waals surface area contributed by atoms with E-state index >= 15 is 0 Å². The van der Waals surface area contributed by atoms with Crippen molar-refractivity contribution >= 4 is 29.3 Å². The smallest absolute Gasteiger partial charge is 0.274 e. The third-order valence-electron chi connectivity index (χ3n) is 2.98. The molecule has 0 aromatic carbocycles. The van der Waals surface area contributed by atoms with Gasteiger partial charge in [0.15, 0.2) is 10.8 Å². The molecule has 98 valence electrons. The van der Waals surface area contributed by atoms with E-state index in [1.807, 2.05) is 16.7 Å². The molecule has 18 heavy (non-hydrogen) atoms. The largest absolute Gasteiger partial charge is 0.336 e. The van der Waals surface area contributed by atoms with Crippen LogP contribution < -0.4 is 0 Å². The van der Waals surface area contributed by atoms with Crippen LogP contribution >= 0.6 is 23.4 Å². The standard InChI is InChI=1S/C12H16ClN3OS/c1-12(2)5-6-16(7-8-18-12)11(17)9-3-4-10(13)15-14-9/h3-4H,5-8H2,1-2H3. The molecule has 2 rings (SSSR count). The number of carbonyl (C=O) groups excluding carboxylic acids is 1. The van der Waals surface area contributed by atoms with Crippen LogP contribution in [-0.4, -0.2) is 44.6 Å². The molecule has 6 heteroatoms. The molecule has 0 spiro atoms. The third-order valence-corrected chi connectivity index (χ3v) is 4.55. The first-order valence-electron chi connectivity index (χ1n) is 5.90. The van der Waals surface area contributed by atoms with Crippen molar-refractivity contribution < 1.29 is 4.79 Å². The van der Waals surface area contributed by atoms with Gasteiger partial charge in [0.2, 0.25) is 0 Å². The zero-order chi connectivity index (χ0) is 13.2. The number of halogens is 1. The van der Waals surface area contributed by atoms with Gasteiger partial charge in [-0.1, -0.05) is 25.4 Å². The van der Waals surface area contributed by atoms with E-state index in [9.17, 15) is 4.79 Å². The van der Waals surface area contributed by atoms with Crippen LogP contribution in [0.3, 0.4) is 0 Å². The first kappa shape index (κ1) is 13.6. The Bertz CT molecular complexity index is 435. The molecule has 2 heterocycles. The summed E-state index contributed by atoms with van der Waals surface area (Å²) >= 11 is 7.57. The summed E-state index contributed by atoms with van der Waals surface area (Å²) in [5.74, 6) is 0.900. The van der Waals surface area contributed by atoms with E-state index in [2.05, 4.69) is 24.0 Å². The van der Waals surface area contributed by atoms with Gasteiger partial charge in [0.25, 0.3) is 5.91 Å². The highest BCUT2D eigenvalue weighted by molar-refractivity contribution is 8.00. The van der Waals surface area contributed by atoms with Crippen LogP contribution in [0.5, 0.6) is 0 Å². The summed E-state index contributed by atoms with van der Waals surface area (Å²) in [5, 5.41) is 7.85. The molecule has 1 aromatic rings. The fraction of sp³-hybridized carbons (Fsp3) is 0.583. The maximum atomic E-state index is 12.2. The first-order chi connectivity index (χ1) is 8.48.